The van der Waals surface area contributed by atoms with E-state index in [1.807, 2.05) is 13.8 Å². The first kappa shape index (κ1) is 12.7. The van der Waals surface area contributed by atoms with Gasteiger partial charge in [-0.05, 0) is 19.9 Å². The van der Waals surface area contributed by atoms with Gasteiger partial charge >= 0.3 is 5.97 Å². The van der Waals surface area contributed by atoms with E-state index in [2.05, 4.69) is 0 Å². The van der Waals surface area contributed by atoms with Gasteiger partial charge in [0.15, 0.2) is 0 Å². The zero-order chi connectivity index (χ0) is 12.0. The second kappa shape index (κ2) is 6.30. The second-order valence-electron chi connectivity index (χ2n) is 3.58. The van der Waals surface area contributed by atoms with Crippen molar-refractivity contribution in [3.05, 3.63) is 23.7 Å². The molecule has 0 aromatic carbocycles. The third-order valence-electron chi connectivity index (χ3n) is 1.82. The van der Waals surface area contributed by atoms with Crippen LogP contribution in [0, 0.1) is 0 Å². The summed E-state index contributed by atoms with van der Waals surface area (Å²) in [7, 11) is 0. The minimum absolute atomic E-state index is 0.136. The molecule has 0 aliphatic rings. The van der Waals surface area contributed by atoms with Gasteiger partial charge in [0.05, 0.1) is 24.9 Å². The van der Waals surface area contributed by atoms with Crippen LogP contribution in [0.5, 0.6) is 0 Å². The molecule has 1 N–H and O–H groups in total. The molecule has 5 nitrogen and oxygen atoms in total. The van der Waals surface area contributed by atoms with E-state index >= 15 is 0 Å². The van der Waals surface area contributed by atoms with Crippen LogP contribution in [0.4, 0.5) is 0 Å². The molecule has 5 heteroatoms. The third-order valence-corrected chi connectivity index (χ3v) is 1.82. The lowest BCUT2D eigenvalue weighted by molar-refractivity contribution is 0.0103. The van der Waals surface area contributed by atoms with Crippen molar-refractivity contribution < 1.29 is 23.8 Å². The Balaban J connectivity index is 2.19. The molecular weight excluding hydrogens is 212 g/mol. The molecule has 0 aliphatic carbocycles. The maximum absolute atomic E-state index is 10.5. The predicted octanol–water partition coefficient (Wildman–Crippen LogP) is 1.92. The zero-order valence-electron chi connectivity index (χ0n) is 9.43. The van der Waals surface area contributed by atoms with Gasteiger partial charge in [-0.2, -0.15) is 0 Å². The molecule has 1 aromatic heterocycles. The number of carbonyl (C=O) groups is 1. The van der Waals surface area contributed by atoms with Crippen molar-refractivity contribution in [2.24, 2.45) is 0 Å². The van der Waals surface area contributed by atoms with Crippen LogP contribution in [-0.4, -0.2) is 30.4 Å². The van der Waals surface area contributed by atoms with Crippen molar-refractivity contribution in [3.8, 4) is 0 Å². The molecule has 0 saturated carbocycles. The van der Waals surface area contributed by atoms with Crippen molar-refractivity contribution in [2.75, 3.05) is 13.2 Å². The monoisotopic (exact) mass is 228 g/mol. The van der Waals surface area contributed by atoms with Crippen LogP contribution in [0.3, 0.4) is 0 Å². The second-order valence-corrected chi connectivity index (χ2v) is 3.58. The van der Waals surface area contributed by atoms with Gasteiger partial charge in [-0.1, -0.05) is 0 Å². The van der Waals surface area contributed by atoms with E-state index in [0.29, 0.717) is 19.0 Å². The van der Waals surface area contributed by atoms with E-state index in [1.165, 1.54) is 12.3 Å². The fourth-order valence-corrected chi connectivity index (χ4v) is 1.08. The lowest BCUT2D eigenvalue weighted by Crippen LogP contribution is -2.09. The maximum Gasteiger partial charge on any atom is 0.338 e. The summed E-state index contributed by atoms with van der Waals surface area (Å²) in [6.45, 7) is 5.14. The first-order valence-electron chi connectivity index (χ1n) is 5.09. The maximum atomic E-state index is 10.5. The van der Waals surface area contributed by atoms with E-state index < -0.39 is 5.97 Å². The van der Waals surface area contributed by atoms with Crippen LogP contribution < -0.4 is 0 Å². The molecule has 0 bridgehead atoms. The van der Waals surface area contributed by atoms with Gasteiger partial charge in [-0.25, -0.2) is 4.79 Å². The summed E-state index contributed by atoms with van der Waals surface area (Å²) in [5.74, 6) is -0.500. The first-order chi connectivity index (χ1) is 7.59. The van der Waals surface area contributed by atoms with Gasteiger partial charge in [-0.15, -0.1) is 0 Å². The molecule has 0 amide bonds. The summed E-state index contributed by atoms with van der Waals surface area (Å²) in [6, 6.07) is 1.45. The highest BCUT2D eigenvalue weighted by Gasteiger charge is 2.07. The highest BCUT2D eigenvalue weighted by molar-refractivity contribution is 5.87. The minimum Gasteiger partial charge on any atom is -0.478 e. The van der Waals surface area contributed by atoms with Gasteiger partial charge in [-0.3, -0.25) is 0 Å². The number of furan rings is 1. The Morgan fingerprint density at radius 1 is 1.50 bits per heavy atom. The van der Waals surface area contributed by atoms with Crippen LogP contribution >= 0.6 is 0 Å². The number of carboxylic acids is 1. The molecule has 1 heterocycles. The van der Waals surface area contributed by atoms with E-state index in [-0.39, 0.29) is 18.3 Å². The number of ether oxygens (including phenoxy) is 2. The molecule has 0 unspecified atom stereocenters. The molecule has 0 atom stereocenters. The standard InChI is InChI=1S/C11H16O5/c1-8(2)15-4-3-14-7-10-5-9(6-16-10)11(12)13/h5-6,8H,3-4,7H2,1-2H3,(H,12,13). The summed E-state index contributed by atoms with van der Waals surface area (Å²) in [5.41, 5.74) is 0.136. The lowest BCUT2D eigenvalue weighted by atomic mass is 10.3. The number of carboxylic acid groups (broad SMARTS) is 1. The highest BCUT2D eigenvalue weighted by Crippen LogP contribution is 2.08. The largest absolute Gasteiger partial charge is 0.478 e. The van der Waals surface area contributed by atoms with Crippen LogP contribution in [0.2, 0.25) is 0 Å². The quantitative estimate of drug-likeness (QED) is 0.722. The molecule has 16 heavy (non-hydrogen) atoms. The van der Waals surface area contributed by atoms with Crippen LogP contribution in [-0.2, 0) is 16.1 Å². The van der Waals surface area contributed by atoms with E-state index in [4.69, 9.17) is 19.0 Å². The molecule has 1 rings (SSSR count). The third kappa shape index (κ3) is 4.46. The van der Waals surface area contributed by atoms with Gasteiger partial charge in [0.2, 0.25) is 0 Å². The number of hydrogen-bond acceptors (Lipinski definition) is 4. The van der Waals surface area contributed by atoms with Gasteiger partial charge < -0.3 is 19.0 Å². The molecular formula is C11H16O5. The summed E-state index contributed by atoms with van der Waals surface area (Å²) >= 11 is 0. The average molecular weight is 228 g/mol. The molecule has 0 radical (unpaired) electrons. The Labute approximate surface area is 94.0 Å². The molecule has 1 aromatic rings. The van der Waals surface area contributed by atoms with Crippen molar-refractivity contribution in [3.63, 3.8) is 0 Å². The number of aromatic carboxylic acids is 1. The van der Waals surface area contributed by atoms with Crippen LogP contribution in [0.1, 0.15) is 30.0 Å². The van der Waals surface area contributed by atoms with E-state index in [0.717, 1.165) is 0 Å². The first-order valence-corrected chi connectivity index (χ1v) is 5.09. The predicted molar refractivity (Wildman–Crippen MR) is 56.4 cm³/mol. The molecule has 0 fully saturated rings. The fourth-order valence-electron chi connectivity index (χ4n) is 1.08. The van der Waals surface area contributed by atoms with Crippen LogP contribution in [0.15, 0.2) is 16.7 Å². The Morgan fingerprint density at radius 2 is 2.25 bits per heavy atom. The average Bonchev–Trinajstić information content (AvgIpc) is 2.65. The molecule has 0 aliphatic heterocycles. The number of rotatable bonds is 7. The normalized spacial score (nSPS) is 10.9. The summed E-state index contributed by atoms with van der Waals surface area (Å²) in [4.78, 5) is 10.5. The van der Waals surface area contributed by atoms with Crippen molar-refractivity contribution in [1.82, 2.24) is 0 Å². The van der Waals surface area contributed by atoms with E-state index in [9.17, 15) is 4.79 Å². The minimum atomic E-state index is -1.00. The van der Waals surface area contributed by atoms with Gasteiger partial charge in [0, 0.05) is 0 Å². The zero-order valence-corrected chi connectivity index (χ0v) is 9.43. The molecule has 0 spiro atoms. The Hall–Kier alpha value is -1.33. The Kier molecular flexibility index (Phi) is 5.01. The molecule has 0 saturated heterocycles. The van der Waals surface area contributed by atoms with Gasteiger partial charge in [0.1, 0.15) is 18.6 Å². The van der Waals surface area contributed by atoms with Crippen molar-refractivity contribution in [1.29, 1.82) is 0 Å². The van der Waals surface area contributed by atoms with Crippen molar-refractivity contribution >= 4 is 5.97 Å². The number of hydrogen-bond donors (Lipinski definition) is 1. The van der Waals surface area contributed by atoms with Gasteiger partial charge in [0.25, 0.3) is 0 Å². The Bertz CT molecular complexity index is 329. The smallest absolute Gasteiger partial charge is 0.338 e. The Morgan fingerprint density at radius 3 is 2.81 bits per heavy atom. The summed E-state index contributed by atoms with van der Waals surface area (Å²) < 4.78 is 15.5. The highest BCUT2D eigenvalue weighted by atomic mass is 16.5. The molecule has 90 valence electrons. The van der Waals surface area contributed by atoms with Crippen molar-refractivity contribution in [2.45, 2.75) is 26.6 Å². The topological polar surface area (TPSA) is 68.9 Å². The fraction of sp³-hybridized carbons (Fsp3) is 0.545. The summed E-state index contributed by atoms with van der Waals surface area (Å²) in [5, 5.41) is 8.65. The summed E-state index contributed by atoms with van der Waals surface area (Å²) in [6.07, 6.45) is 1.39. The lowest BCUT2D eigenvalue weighted by Gasteiger charge is -2.06. The SMILES string of the molecule is CC(C)OCCOCc1cc(C(=O)O)co1. The van der Waals surface area contributed by atoms with E-state index in [1.54, 1.807) is 0 Å². The van der Waals surface area contributed by atoms with Crippen LogP contribution in [0.25, 0.3) is 0 Å².